The smallest absolute Gasteiger partial charge is 0.462 e. The van der Waals surface area contributed by atoms with Crippen LogP contribution in [0.15, 0.2) is 0 Å². The van der Waals surface area contributed by atoms with Gasteiger partial charge < -0.3 is 33.8 Å². The van der Waals surface area contributed by atoms with E-state index in [9.17, 15) is 43.2 Å². The van der Waals surface area contributed by atoms with Crippen LogP contribution in [-0.4, -0.2) is 96.7 Å². The summed E-state index contributed by atoms with van der Waals surface area (Å²) in [7, 11) is -9.90. The summed E-state index contributed by atoms with van der Waals surface area (Å²) in [6.07, 6.45) is 49.0. The quantitative estimate of drug-likeness (QED) is 0.0222. The van der Waals surface area contributed by atoms with Crippen molar-refractivity contribution in [3.8, 4) is 0 Å². The number of carbonyl (C=O) groups is 4. The molecule has 19 heteroatoms. The first-order chi connectivity index (χ1) is 44.3. The molecule has 92 heavy (non-hydrogen) atoms. The number of esters is 4. The van der Waals surface area contributed by atoms with Crippen molar-refractivity contribution >= 4 is 39.5 Å². The van der Waals surface area contributed by atoms with Crippen LogP contribution in [0.1, 0.15) is 370 Å². The van der Waals surface area contributed by atoms with E-state index < -0.39 is 97.5 Å². The zero-order valence-corrected chi connectivity index (χ0v) is 61.8. The van der Waals surface area contributed by atoms with Crippen molar-refractivity contribution in [1.29, 1.82) is 0 Å². The van der Waals surface area contributed by atoms with Crippen LogP contribution in [0, 0.1) is 17.8 Å². The van der Waals surface area contributed by atoms with E-state index in [0.717, 1.165) is 114 Å². The highest BCUT2D eigenvalue weighted by Crippen LogP contribution is 2.45. The lowest BCUT2D eigenvalue weighted by Gasteiger charge is -2.21. The van der Waals surface area contributed by atoms with Crippen LogP contribution in [0.25, 0.3) is 0 Å². The SMILES string of the molecule is CCCCCCCC(=O)OC[C@H](COP(=O)(O)OC[C@H](O)COP(=O)(O)OC[C@@H](COC(=O)CCCCCCCCCCCCC(C)CC)OC(=O)CCCCCCCCCCCCCCCCCCCCC(C)C)OC(=O)CCCCCCCCCCC(C)CC. The molecule has 3 N–H and O–H groups in total. The van der Waals surface area contributed by atoms with E-state index in [1.54, 1.807) is 0 Å². The molecule has 546 valence electrons. The molecule has 17 nitrogen and oxygen atoms in total. The predicted molar refractivity (Wildman–Crippen MR) is 372 cm³/mol. The van der Waals surface area contributed by atoms with E-state index >= 15 is 0 Å². The van der Waals surface area contributed by atoms with Crippen LogP contribution >= 0.6 is 15.6 Å². The van der Waals surface area contributed by atoms with Gasteiger partial charge in [0.05, 0.1) is 26.4 Å². The summed E-state index contributed by atoms with van der Waals surface area (Å²) in [5, 5.41) is 10.6. The zero-order chi connectivity index (χ0) is 68.0. The number of unbranched alkanes of at least 4 members (excludes halogenated alkanes) is 37. The molecule has 0 radical (unpaired) electrons. The maximum absolute atomic E-state index is 13.1. The Labute approximate surface area is 562 Å². The van der Waals surface area contributed by atoms with Gasteiger partial charge in [0.25, 0.3) is 0 Å². The molecular formula is C73H142O17P2. The molecule has 0 aliphatic rings. The molecule has 4 unspecified atom stereocenters. The van der Waals surface area contributed by atoms with Crippen molar-refractivity contribution in [2.75, 3.05) is 39.6 Å². The van der Waals surface area contributed by atoms with Crippen molar-refractivity contribution < 1.29 is 80.2 Å². The number of aliphatic hydroxyl groups excluding tert-OH is 1. The van der Waals surface area contributed by atoms with Crippen molar-refractivity contribution in [2.24, 2.45) is 17.8 Å². The number of ether oxygens (including phenoxy) is 4. The van der Waals surface area contributed by atoms with Crippen LogP contribution < -0.4 is 0 Å². The molecule has 0 aromatic carbocycles. The van der Waals surface area contributed by atoms with Gasteiger partial charge in [-0.3, -0.25) is 37.3 Å². The fraction of sp³-hybridized carbons (Fsp3) is 0.945. The van der Waals surface area contributed by atoms with Gasteiger partial charge >= 0.3 is 39.5 Å². The summed E-state index contributed by atoms with van der Waals surface area (Å²) in [5.74, 6) is 0.265. The number of phosphoric acid groups is 2. The number of carbonyl (C=O) groups excluding carboxylic acids is 4. The summed E-state index contributed by atoms with van der Waals surface area (Å²) in [5.41, 5.74) is 0. The Bertz CT molecular complexity index is 1810. The fourth-order valence-electron chi connectivity index (χ4n) is 11.0. The second-order valence-electron chi connectivity index (χ2n) is 27.3. The normalized spacial score (nSPS) is 14.7. The highest BCUT2D eigenvalue weighted by Gasteiger charge is 2.30. The van der Waals surface area contributed by atoms with Gasteiger partial charge in [0.15, 0.2) is 12.2 Å². The highest BCUT2D eigenvalue weighted by atomic mass is 31.2. The standard InChI is InChI=1S/C73H142O17P2/c1-8-11-12-37-47-54-70(75)83-60-68(89-73(78)57-50-43-36-30-29-33-40-46-53-66(7)10-3)62-87-91(79,80)85-58-67(74)59-86-92(81,82)88-63-69(61-84-71(76)55-48-41-34-27-24-23-26-32-39-45-52-65(6)9-2)90-72(77)56-49-42-35-28-22-20-18-16-14-13-15-17-19-21-25-31-38-44-51-64(4)5/h64-69,74H,8-63H2,1-7H3,(H,79,80)(H,81,82)/t65?,66?,67-,68+,69+/m0/s1. The number of hydrogen-bond acceptors (Lipinski definition) is 15. The molecule has 7 atom stereocenters. The molecule has 0 spiro atoms. The molecule has 0 fully saturated rings. The lowest BCUT2D eigenvalue weighted by atomic mass is 9.99. The monoisotopic (exact) mass is 1350 g/mol. The van der Waals surface area contributed by atoms with Crippen molar-refractivity contribution in [2.45, 2.75) is 388 Å². The van der Waals surface area contributed by atoms with Gasteiger partial charge in [0.2, 0.25) is 0 Å². The second kappa shape index (κ2) is 63.8. The number of phosphoric ester groups is 2. The van der Waals surface area contributed by atoms with Gasteiger partial charge in [-0.1, -0.05) is 318 Å². The first kappa shape index (κ1) is 90.1. The molecule has 0 aromatic heterocycles. The number of rotatable bonds is 71. The maximum atomic E-state index is 13.1. The number of aliphatic hydroxyl groups is 1. The van der Waals surface area contributed by atoms with Crippen LogP contribution in [0.5, 0.6) is 0 Å². The van der Waals surface area contributed by atoms with Crippen molar-refractivity contribution in [3.63, 3.8) is 0 Å². The van der Waals surface area contributed by atoms with E-state index in [0.29, 0.717) is 25.7 Å². The molecule has 0 rings (SSSR count). The average Bonchev–Trinajstić information content (AvgIpc) is 2.54. The van der Waals surface area contributed by atoms with E-state index in [2.05, 4.69) is 48.5 Å². The van der Waals surface area contributed by atoms with Crippen molar-refractivity contribution in [3.05, 3.63) is 0 Å². The first-order valence-electron chi connectivity index (χ1n) is 37.9. The Hall–Kier alpha value is -1.94. The zero-order valence-electron chi connectivity index (χ0n) is 60.0. The van der Waals surface area contributed by atoms with E-state index in [4.69, 9.17) is 37.0 Å². The maximum Gasteiger partial charge on any atom is 0.472 e. The minimum absolute atomic E-state index is 0.104. The Kier molecular flexibility index (Phi) is 62.4. The lowest BCUT2D eigenvalue weighted by molar-refractivity contribution is -0.161. The van der Waals surface area contributed by atoms with Gasteiger partial charge in [-0.25, -0.2) is 9.13 Å². The molecule has 0 amide bonds. The molecular weight excluding hydrogens is 1210 g/mol. The number of hydrogen-bond donors (Lipinski definition) is 3. The topological polar surface area (TPSA) is 237 Å². The van der Waals surface area contributed by atoms with Gasteiger partial charge in [-0.2, -0.15) is 0 Å². The second-order valence-corrected chi connectivity index (χ2v) is 30.2. The summed E-state index contributed by atoms with van der Waals surface area (Å²) in [6.45, 7) is 11.8. The van der Waals surface area contributed by atoms with Gasteiger partial charge in [0, 0.05) is 25.7 Å². The summed E-state index contributed by atoms with van der Waals surface area (Å²) in [4.78, 5) is 72.4. The first-order valence-corrected chi connectivity index (χ1v) is 40.9. The average molecular weight is 1350 g/mol. The Morgan fingerprint density at radius 3 is 0.826 bits per heavy atom. The minimum Gasteiger partial charge on any atom is -0.462 e. The van der Waals surface area contributed by atoms with Crippen molar-refractivity contribution in [1.82, 2.24) is 0 Å². The van der Waals surface area contributed by atoms with Crippen LogP contribution in [0.4, 0.5) is 0 Å². The Balaban J connectivity index is 5.13. The lowest BCUT2D eigenvalue weighted by Crippen LogP contribution is -2.30. The molecule has 0 aliphatic heterocycles. The third-order valence-electron chi connectivity index (χ3n) is 17.6. The molecule has 0 saturated carbocycles. The van der Waals surface area contributed by atoms with E-state index in [1.807, 2.05) is 0 Å². The predicted octanol–water partition coefficient (Wildman–Crippen LogP) is 21.0. The largest absolute Gasteiger partial charge is 0.472 e. The highest BCUT2D eigenvalue weighted by molar-refractivity contribution is 7.47. The van der Waals surface area contributed by atoms with Crippen LogP contribution in [0.2, 0.25) is 0 Å². The third kappa shape index (κ3) is 64.1. The Morgan fingerprint density at radius 2 is 0.554 bits per heavy atom. The molecule has 0 aromatic rings. The summed E-state index contributed by atoms with van der Waals surface area (Å²) >= 11 is 0. The van der Waals surface area contributed by atoms with E-state index in [1.165, 1.54) is 173 Å². The van der Waals surface area contributed by atoms with Crippen LogP contribution in [-0.2, 0) is 65.4 Å². The summed E-state index contributed by atoms with van der Waals surface area (Å²) < 4.78 is 68.2. The van der Waals surface area contributed by atoms with Gasteiger partial charge in [-0.15, -0.1) is 0 Å². The van der Waals surface area contributed by atoms with Crippen LogP contribution in [0.3, 0.4) is 0 Å². The molecule has 0 heterocycles. The van der Waals surface area contributed by atoms with Gasteiger partial charge in [-0.05, 0) is 43.4 Å². The Morgan fingerprint density at radius 1 is 0.315 bits per heavy atom. The van der Waals surface area contributed by atoms with E-state index in [-0.39, 0.29) is 25.7 Å². The molecule has 0 aliphatic carbocycles. The molecule has 0 bridgehead atoms. The minimum atomic E-state index is -4.95. The molecule has 0 saturated heterocycles. The van der Waals surface area contributed by atoms with Gasteiger partial charge in [0.1, 0.15) is 19.3 Å². The fourth-order valence-corrected chi connectivity index (χ4v) is 12.6. The summed E-state index contributed by atoms with van der Waals surface area (Å²) in [6, 6.07) is 0. The third-order valence-corrected chi connectivity index (χ3v) is 19.5.